The maximum absolute atomic E-state index is 5.56. The van der Waals surface area contributed by atoms with Crippen LogP contribution in [0, 0.1) is 6.92 Å². The van der Waals surface area contributed by atoms with Crippen LogP contribution in [0.3, 0.4) is 0 Å². The normalized spacial score (nSPS) is 14.6. The molecule has 0 radical (unpaired) electrons. The molecule has 1 aliphatic rings. The molecule has 1 unspecified atom stereocenters. The predicted molar refractivity (Wildman–Crippen MR) is 86.9 cm³/mol. The van der Waals surface area contributed by atoms with Gasteiger partial charge in [-0.2, -0.15) is 0 Å². The molecule has 21 heavy (non-hydrogen) atoms. The first kappa shape index (κ1) is 14.2. The van der Waals surface area contributed by atoms with Crippen molar-refractivity contribution in [3.05, 3.63) is 64.7 Å². The van der Waals surface area contributed by atoms with Gasteiger partial charge >= 0.3 is 0 Å². The van der Waals surface area contributed by atoms with Gasteiger partial charge in [-0.25, -0.2) is 0 Å². The second-order valence-corrected chi connectivity index (χ2v) is 5.88. The quantitative estimate of drug-likeness (QED) is 0.899. The molecule has 110 valence electrons. The topological polar surface area (TPSA) is 21.3 Å². The molecular formula is C19H23NO. The molecule has 2 heteroatoms. The highest BCUT2D eigenvalue weighted by atomic mass is 16.5. The van der Waals surface area contributed by atoms with Gasteiger partial charge < -0.3 is 10.1 Å². The third kappa shape index (κ3) is 3.45. The van der Waals surface area contributed by atoms with Crippen LogP contribution in [-0.4, -0.2) is 13.2 Å². The Morgan fingerprint density at radius 1 is 1.19 bits per heavy atom. The Labute approximate surface area is 127 Å². The Balaban J connectivity index is 1.55. The first-order valence-electron chi connectivity index (χ1n) is 7.77. The number of nitrogens with one attached hydrogen (secondary N) is 1. The maximum atomic E-state index is 5.56. The van der Waals surface area contributed by atoms with E-state index < -0.39 is 0 Å². The Morgan fingerprint density at radius 2 is 2.10 bits per heavy atom. The first-order valence-corrected chi connectivity index (χ1v) is 7.77. The number of benzene rings is 2. The highest BCUT2D eigenvalue weighted by Gasteiger charge is 2.14. The van der Waals surface area contributed by atoms with Crippen LogP contribution >= 0.6 is 0 Å². The molecule has 1 aliphatic heterocycles. The molecule has 2 aromatic carbocycles. The fraction of sp³-hybridized carbons (Fsp3) is 0.368. The van der Waals surface area contributed by atoms with Gasteiger partial charge in [0.05, 0.1) is 6.61 Å². The SMILES string of the molecule is Cc1cccc(CCNC(C)c2ccc3c(c2)CCO3)c1. The molecule has 0 bridgehead atoms. The van der Waals surface area contributed by atoms with E-state index >= 15 is 0 Å². The van der Waals surface area contributed by atoms with E-state index in [1.807, 2.05) is 0 Å². The Hall–Kier alpha value is -1.80. The summed E-state index contributed by atoms with van der Waals surface area (Å²) >= 11 is 0. The molecule has 1 heterocycles. The molecule has 0 fully saturated rings. The number of fused-ring (bicyclic) bond motifs is 1. The number of rotatable bonds is 5. The van der Waals surface area contributed by atoms with Crippen molar-refractivity contribution in [1.29, 1.82) is 0 Å². The van der Waals surface area contributed by atoms with Crippen molar-refractivity contribution < 1.29 is 4.74 Å². The summed E-state index contributed by atoms with van der Waals surface area (Å²) in [5, 5.41) is 3.62. The molecule has 0 saturated heterocycles. The highest BCUT2D eigenvalue weighted by molar-refractivity contribution is 5.40. The van der Waals surface area contributed by atoms with E-state index in [0.717, 1.165) is 31.7 Å². The molecule has 0 amide bonds. The van der Waals surface area contributed by atoms with Crippen LogP contribution < -0.4 is 10.1 Å². The van der Waals surface area contributed by atoms with Gasteiger partial charge in [0.25, 0.3) is 0 Å². The summed E-state index contributed by atoms with van der Waals surface area (Å²) in [5.74, 6) is 1.06. The summed E-state index contributed by atoms with van der Waals surface area (Å²) in [6, 6.07) is 15.7. The minimum Gasteiger partial charge on any atom is -0.493 e. The van der Waals surface area contributed by atoms with Gasteiger partial charge in [0.2, 0.25) is 0 Å². The molecule has 1 N–H and O–H groups in total. The monoisotopic (exact) mass is 281 g/mol. The molecule has 0 aromatic heterocycles. The van der Waals surface area contributed by atoms with Gasteiger partial charge in [0, 0.05) is 12.5 Å². The maximum Gasteiger partial charge on any atom is 0.122 e. The zero-order valence-corrected chi connectivity index (χ0v) is 12.9. The van der Waals surface area contributed by atoms with E-state index in [9.17, 15) is 0 Å². The standard InChI is InChI=1S/C19H23NO/c1-14-4-3-5-16(12-14)8-10-20-15(2)17-6-7-19-18(13-17)9-11-21-19/h3-7,12-13,15,20H,8-11H2,1-2H3. The fourth-order valence-corrected chi connectivity index (χ4v) is 2.89. The summed E-state index contributed by atoms with van der Waals surface area (Å²) < 4.78 is 5.56. The van der Waals surface area contributed by atoms with E-state index in [-0.39, 0.29) is 0 Å². The minimum atomic E-state index is 0.376. The van der Waals surface area contributed by atoms with Crippen LogP contribution in [0.4, 0.5) is 0 Å². The summed E-state index contributed by atoms with van der Waals surface area (Å²) in [6.07, 6.45) is 2.11. The lowest BCUT2D eigenvalue weighted by atomic mass is 10.0. The Bertz CT molecular complexity index is 621. The number of ether oxygens (including phenoxy) is 1. The molecule has 0 spiro atoms. The van der Waals surface area contributed by atoms with Crippen molar-refractivity contribution in [1.82, 2.24) is 5.32 Å². The van der Waals surface area contributed by atoms with Crippen LogP contribution in [0.1, 0.15) is 35.2 Å². The van der Waals surface area contributed by atoms with Crippen LogP contribution in [0.25, 0.3) is 0 Å². The van der Waals surface area contributed by atoms with Gasteiger partial charge in [-0.05, 0) is 49.6 Å². The summed E-state index contributed by atoms with van der Waals surface area (Å²) in [5.41, 5.74) is 5.43. The van der Waals surface area contributed by atoms with Gasteiger partial charge in [-0.3, -0.25) is 0 Å². The largest absolute Gasteiger partial charge is 0.493 e. The van der Waals surface area contributed by atoms with Crippen LogP contribution in [-0.2, 0) is 12.8 Å². The average molecular weight is 281 g/mol. The lowest BCUT2D eigenvalue weighted by Crippen LogP contribution is -2.21. The molecule has 3 rings (SSSR count). The molecule has 1 atom stereocenters. The summed E-state index contributed by atoms with van der Waals surface area (Å²) in [6.45, 7) is 6.20. The van der Waals surface area contributed by atoms with Crippen molar-refractivity contribution >= 4 is 0 Å². The Morgan fingerprint density at radius 3 is 2.95 bits per heavy atom. The van der Waals surface area contributed by atoms with Gasteiger partial charge in [-0.15, -0.1) is 0 Å². The van der Waals surface area contributed by atoms with Gasteiger partial charge in [0.15, 0.2) is 0 Å². The fourth-order valence-electron chi connectivity index (χ4n) is 2.89. The average Bonchev–Trinajstić information content (AvgIpc) is 2.94. The first-order chi connectivity index (χ1) is 10.2. The van der Waals surface area contributed by atoms with Crippen molar-refractivity contribution in [2.45, 2.75) is 32.7 Å². The van der Waals surface area contributed by atoms with Crippen molar-refractivity contribution in [2.75, 3.05) is 13.2 Å². The van der Waals surface area contributed by atoms with Gasteiger partial charge in [0.1, 0.15) is 5.75 Å². The highest BCUT2D eigenvalue weighted by Crippen LogP contribution is 2.28. The molecule has 2 nitrogen and oxygen atoms in total. The van der Waals surface area contributed by atoms with Crippen molar-refractivity contribution in [2.24, 2.45) is 0 Å². The number of hydrogen-bond donors (Lipinski definition) is 1. The van der Waals surface area contributed by atoms with Crippen LogP contribution in [0.15, 0.2) is 42.5 Å². The molecule has 2 aromatic rings. The third-order valence-electron chi connectivity index (χ3n) is 4.16. The van der Waals surface area contributed by atoms with Crippen LogP contribution in [0.5, 0.6) is 5.75 Å². The van der Waals surface area contributed by atoms with Crippen molar-refractivity contribution in [3.63, 3.8) is 0 Å². The number of hydrogen-bond acceptors (Lipinski definition) is 2. The predicted octanol–water partition coefficient (Wildman–Crippen LogP) is 3.82. The molecule has 0 saturated carbocycles. The van der Waals surface area contributed by atoms with E-state index in [0.29, 0.717) is 6.04 Å². The second kappa shape index (κ2) is 6.31. The van der Waals surface area contributed by atoms with Gasteiger partial charge in [-0.1, -0.05) is 42.0 Å². The molecular weight excluding hydrogens is 258 g/mol. The molecule has 0 aliphatic carbocycles. The van der Waals surface area contributed by atoms with Crippen LogP contribution in [0.2, 0.25) is 0 Å². The summed E-state index contributed by atoms with van der Waals surface area (Å²) in [4.78, 5) is 0. The smallest absolute Gasteiger partial charge is 0.122 e. The zero-order valence-electron chi connectivity index (χ0n) is 12.9. The summed E-state index contributed by atoms with van der Waals surface area (Å²) in [7, 11) is 0. The van der Waals surface area contributed by atoms with E-state index in [1.54, 1.807) is 0 Å². The van der Waals surface area contributed by atoms with E-state index in [1.165, 1.54) is 22.3 Å². The second-order valence-electron chi connectivity index (χ2n) is 5.88. The third-order valence-corrected chi connectivity index (χ3v) is 4.16. The number of aryl methyl sites for hydroxylation is 1. The lowest BCUT2D eigenvalue weighted by Gasteiger charge is -2.15. The lowest BCUT2D eigenvalue weighted by molar-refractivity contribution is 0.356. The van der Waals surface area contributed by atoms with Crippen molar-refractivity contribution in [3.8, 4) is 5.75 Å². The minimum absolute atomic E-state index is 0.376. The van der Waals surface area contributed by atoms with E-state index in [2.05, 4.69) is 61.6 Å². The Kier molecular flexibility index (Phi) is 4.26. The van der Waals surface area contributed by atoms with E-state index in [4.69, 9.17) is 4.74 Å². The zero-order chi connectivity index (χ0) is 14.7.